The van der Waals surface area contributed by atoms with Crippen molar-refractivity contribution in [2.24, 2.45) is 0 Å². The van der Waals surface area contributed by atoms with Gasteiger partial charge in [0.05, 0.1) is 19.8 Å². The van der Waals surface area contributed by atoms with E-state index in [4.69, 9.17) is 14.2 Å². The molecule has 0 aromatic rings. The number of rotatable bonds is 6. The molecule has 0 spiro atoms. The molecule has 2 saturated heterocycles. The van der Waals surface area contributed by atoms with Gasteiger partial charge in [-0.3, -0.25) is 9.59 Å². The molecule has 0 radical (unpaired) electrons. The zero-order chi connectivity index (χ0) is 20.0. The standard InChI is InChI=1S/C18H31N3O6/c1-5-25-12-14(16(23)20-8-10-26-11-9-20)21-7-6-13(15(21)22)19-17(24)27-18(2,3)4/h13-14H,5-12H2,1-4H3,(H,19,24)/t13-,14-/m0/s1. The van der Waals surface area contributed by atoms with Crippen LogP contribution in [0, 0.1) is 0 Å². The SMILES string of the molecule is CCOC[C@@H](C(=O)N1CCOCC1)N1CC[C@H](NC(=O)OC(C)(C)C)C1=O. The average Bonchev–Trinajstić information content (AvgIpc) is 2.95. The van der Waals surface area contributed by atoms with Gasteiger partial charge in [0.15, 0.2) is 0 Å². The molecule has 27 heavy (non-hydrogen) atoms. The van der Waals surface area contributed by atoms with Crippen LogP contribution >= 0.6 is 0 Å². The topological polar surface area (TPSA) is 97.4 Å². The lowest BCUT2D eigenvalue weighted by Gasteiger charge is -2.34. The maximum absolute atomic E-state index is 12.9. The molecule has 9 nitrogen and oxygen atoms in total. The van der Waals surface area contributed by atoms with E-state index in [2.05, 4.69) is 5.32 Å². The van der Waals surface area contributed by atoms with Crippen molar-refractivity contribution in [2.45, 2.75) is 51.8 Å². The van der Waals surface area contributed by atoms with Crippen molar-refractivity contribution >= 4 is 17.9 Å². The van der Waals surface area contributed by atoms with Gasteiger partial charge in [-0.1, -0.05) is 0 Å². The van der Waals surface area contributed by atoms with Crippen molar-refractivity contribution in [1.29, 1.82) is 0 Å². The highest BCUT2D eigenvalue weighted by molar-refractivity contribution is 5.93. The second kappa shape index (κ2) is 9.36. The predicted molar refractivity (Wildman–Crippen MR) is 97.2 cm³/mol. The normalized spacial score (nSPS) is 21.9. The van der Waals surface area contributed by atoms with Crippen molar-refractivity contribution in [2.75, 3.05) is 46.1 Å². The molecule has 0 unspecified atom stereocenters. The molecule has 0 bridgehead atoms. The number of ether oxygens (including phenoxy) is 3. The van der Waals surface area contributed by atoms with Gasteiger partial charge in [-0.2, -0.15) is 0 Å². The average molecular weight is 385 g/mol. The van der Waals surface area contributed by atoms with Gasteiger partial charge in [0, 0.05) is 26.2 Å². The van der Waals surface area contributed by atoms with Gasteiger partial charge in [-0.25, -0.2) is 4.79 Å². The summed E-state index contributed by atoms with van der Waals surface area (Å²) in [6.45, 7) is 10.1. The van der Waals surface area contributed by atoms with E-state index < -0.39 is 23.8 Å². The summed E-state index contributed by atoms with van der Waals surface area (Å²) in [6, 6.07) is -1.39. The third-order valence-corrected chi connectivity index (χ3v) is 4.39. The lowest BCUT2D eigenvalue weighted by Crippen LogP contribution is -2.55. The van der Waals surface area contributed by atoms with Crippen LogP contribution in [-0.2, 0) is 23.8 Å². The Morgan fingerprint density at radius 3 is 2.52 bits per heavy atom. The summed E-state index contributed by atoms with van der Waals surface area (Å²) in [5, 5.41) is 2.61. The maximum Gasteiger partial charge on any atom is 0.408 e. The molecule has 2 aliphatic heterocycles. The zero-order valence-electron chi connectivity index (χ0n) is 16.7. The van der Waals surface area contributed by atoms with Crippen LogP contribution in [0.5, 0.6) is 0 Å². The first-order chi connectivity index (χ1) is 12.7. The number of likely N-dealkylation sites (tertiary alicyclic amines) is 1. The third kappa shape index (κ3) is 6.07. The van der Waals surface area contributed by atoms with Gasteiger partial charge >= 0.3 is 6.09 Å². The van der Waals surface area contributed by atoms with E-state index in [1.54, 1.807) is 25.7 Å². The summed E-state index contributed by atoms with van der Waals surface area (Å²) in [5.41, 5.74) is -0.644. The van der Waals surface area contributed by atoms with Gasteiger partial charge in [-0.15, -0.1) is 0 Å². The molecule has 0 aromatic heterocycles. The van der Waals surface area contributed by atoms with Crippen molar-refractivity contribution in [3.8, 4) is 0 Å². The van der Waals surface area contributed by atoms with Crippen LogP contribution in [-0.4, -0.2) is 91.5 Å². The molecule has 1 N–H and O–H groups in total. The number of amides is 3. The van der Waals surface area contributed by atoms with Gasteiger partial charge < -0.3 is 29.3 Å². The fourth-order valence-corrected chi connectivity index (χ4v) is 3.11. The van der Waals surface area contributed by atoms with Crippen molar-refractivity contribution in [3.05, 3.63) is 0 Å². The van der Waals surface area contributed by atoms with E-state index in [9.17, 15) is 14.4 Å². The van der Waals surface area contributed by atoms with Gasteiger partial charge in [-0.05, 0) is 34.1 Å². The van der Waals surface area contributed by atoms with E-state index >= 15 is 0 Å². The Balaban J connectivity index is 2.02. The van der Waals surface area contributed by atoms with Crippen LogP contribution in [0.15, 0.2) is 0 Å². The summed E-state index contributed by atoms with van der Waals surface area (Å²) in [6.07, 6.45) is -0.208. The first kappa shape index (κ1) is 21.4. The Morgan fingerprint density at radius 1 is 1.26 bits per heavy atom. The van der Waals surface area contributed by atoms with E-state index in [-0.39, 0.29) is 18.4 Å². The number of alkyl carbamates (subject to hydrolysis) is 1. The molecular formula is C18H31N3O6. The Labute approximate surface area is 160 Å². The smallest absolute Gasteiger partial charge is 0.408 e. The molecule has 9 heteroatoms. The first-order valence-corrected chi connectivity index (χ1v) is 9.47. The zero-order valence-corrected chi connectivity index (χ0v) is 16.7. The third-order valence-electron chi connectivity index (χ3n) is 4.39. The molecule has 0 aromatic carbocycles. The van der Waals surface area contributed by atoms with Crippen LogP contribution in [0.25, 0.3) is 0 Å². The minimum Gasteiger partial charge on any atom is -0.444 e. The molecule has 2 heterocycles. The number of nitrogens with one attached hydrogen (secondary N) is 1. The summed E-state index contributed by atoms with van der Waals surface area (Å²) in [5.74, 6) is -0.426. The number of carbonyl (C=O) groups excluding carboxylic acids is 3. The summed E-state index contributed by atoms with van der Waals surface area (Å²) < 4.78 is 16.0. The van der Waals surface area contributed by atoms with Crippen molar-refractivity contribution in [3.63, 3.8) is 0 Å². The molecule has 2 fully saturated rings. The maximum atomic E-state index is 12.9. The quantitative estimate of drug-likeness (QED) is 0.710. The monoisotopic (exact) mass is 385 g/mol. The van der Waals surface area contributed by atoms with E-state index in [0.29, 0.717) is 45.9 Å². The summed E-state index contributed by atoms with van der Waals surface area (Å²) >= 11 is 0. The molecule has 0 saturated carbocycles. The molecule has 2 rings (SSSR count). The van der Waals surface area contributed by atoms with E-state index in [0.717, 1.165) is 0 Å². The van der Waals surface area contributed by atoms with Crippen LogP contribution in [0.1, 0.15) is 34.1 Å². The second-order valence-corrected chi connectivity index (χ2v) is 7.63. The Kier molecular flexibility index (Phi) is 7.43. The summed E-state index contributed by atoms with van der Waals surface area (Å²) in [7, 11) is 0. The Hall–Kier alpha value is -1.87. The molecule has 2 aliphatic rings. The fraction of sp³-hybridized carbons (Fsp3) is 0.833. The fourth-order valence-electron chi connectivity index (χ4n) is 3.11. The Bertz CT molecular complexity index is 542. The minimum atomic E-state index is -0.694. The summed E-state index contributed by atoms with van der Waals surface area (Å²) in [4.78, 5) is 40.9. The second-order valence-electron chi connectivity index (χ2n) is 7.63. The molecular weight excluding hydrogens is 354 g/mol. The predicted octanol–water partition coefficient (Wildman–Crippen LogP) is 0.376. The highest BCUT2D eigenvalue weighted by Crippen LogP contribution is 2.18. The molecule has 0 aliphatic carbocycles. The number of morpholine rings is 1. The van der Waals surface area contributed by atoms with Crippen LogP contribution in [0.4, 0.5) is 4.79 Å². The molecule has 3 amide bonds. The first-order valence-electron chi connectivity index (χ1n) is 9.47. The number of carbonyl (C=O) groups is 3. The minimum absolute atomic E-state index is 0.136. The number of nitrogens with zero attached hydrogens (tertiary/aromatic N) is 2. The van der Waals surface area contributed by atoms with Crippen LogP contribution in [0.3, 0.4) is 0 Å². The number of hydrogen-bond donors (Lipinski definition) is 1. The highest BCUT2D eigenvalue weighted by atomic mass is 16.6. The lowest BCUT2D eigenvalue weighted by atomic mass is 10.2. The molecule has 2 atom stereocenters. The van der Waals surface area contributed by atoms with E-state index in [1.165, 1.54) is 4.90 Å². The van der Waals surface area contributed by atoms with Gasteiger partial charge in [0.1, 0.15) is 17.7 Å². The van der Waals surface area contributed by atoms with Gasteiger partial charge in [0.2, 0.25) is 11.8 Å². The van der Waals surface area contributed by atoms with Gasteiger partial charge in [0.25, 0.3) is 0 Å². The van der Waals surface area contributed by atoms with Crippen molar-refractivity contribution < 1.29 is 28.6 Å². The highest BCUT2D eigenvalue weighted by Gasteiger charge is 2.41. The van der Waals surface area contributed by atoms with Crippen LogP contribution in [0.2, 0.25) is 0 Å². The molecule has 154 valence electrons. The van der Waals surface area contributed by atoms with Crippen molar-refractivity contribution in [1.82, 2.24) is 15.1 Å². The van der Waals surface area contributed by atoms with Crippen LogP contribution < -0.4 is 5.32 Å². The lowest BCUT2D eigenvalue weighted by molar-refractivity contribution is -0.149. The van der Waals surface area contributed by atoms with E-state index in [1.807, 2.05) is 6.92 Å². The number of hydrogen-bond acceptors (Lipinski definition) is 6. The largest absolute Gasteiger partial charge is 0.444 e. The Morgan fingerprint density at radius 2 is 1.93 bits per heavy atom.